The van der Waals surface area contributed by atoms with E-state index in [1.165, 1.54) is 4.90 Å². The lowest BCUT2D eigenvalue weighted by Crippen LogP contribution is -2.51. The van der Waals surface area contributed by atoms with Gasteiger partial charge in [-0.1, -0.05) is 41.4 Å². The first kappa shape index (κ1) is 28.6. The minimum absolute atomic E-state index is 0.120. The number of sulfonamides is 1. The zero-order valence-corrected chi connectivity index (χ0v) is 23.3. The van der Waals surface area contributed by atoms with E-state index in [1.807, 2.05) is 19.9 Å². The number of rotatable bonds is 12. The van der Waals surface area contributed by atoms with Crippen molar-refractivity contribution >= 4 is 43.5 Å². The van der Waals surface area contributed by atoms with Gasteiger partial charge in [-0.25, -0.2) is 8.42 Å². The molecular weight excluding hydrogens is 534 g/mol. The van der Waals surface area contributed by atoms with Crippen LogP contribution in [0.2, 0.25) is 0 Å². The van der Waals surface area contributed by atoms with Crippen molar-refractivity contribution in [2.75, 3.05) is 30.8 Å². The third-order valence-electron chi connectivity index (χ3n) is 5.59. The maximum Gasteiger partial charge on any atom is 0.244 e. The summed E-state index contributed by atoms with van der Waals surface area (Å²) >= 11 is 3.41. The van der Waals surface area contributed by atoms with Gasteiger partial charge in [0.1, 0.15) is 18.3 Å². The number of nitrogens with one attached hydrogen (secondary N) is 1. The van der Waals surface area contributed by atoms with Gasteiger partial charge in [-0.3, -0.25) is 13.9 Å². The number of nitrogens with zero attached hydrogens (tertiary/aromatic N) is 2. The normalized spacial score (nSPS) is 12.1. The zero-order valence-electron chi connectivity index (χ0n) is 20.9. The highest BCUT2D eigenvalue weighted by Crippen LogP contribution is 2.25. The molecule has 0 saturated heterocycles. The molecule has 0 saturated carbocycles. The number of benzene rings is 2. The highest BCUT2D eigenvalue weighted by molar-refractivity contribution is 9.10. The van der Waals surface area contributed by atoms with Crippen molar-refractivity contribution in [1.29, 1.82) is 0 Å². The van der Waals surface area contributed by atoms with Crippen molar-refractivity contribution < 1.29 is 22.7 Å². The molecule has 8 nitrogen and oxygen atoms in total. The van der Waals surface area contributed by atoms with Crippen LogP contribution in [0.15, 0.2) is 46.9 Å². The second-order valence-corrected chi connectivity index (χ2v) is 11.2. The van der Waals surface area contributed by atoms with Gasteiger partial charge in [-0.05, 0) is 61.7 Å². The molecule has 0 aliphatic carbocycles. The summed E-state index contributed by atoms with van der Waals surface area (Å²) in [4.78, 5) is 27.8. The van der Waals surface area contributed by atoms with Crippen molar-refractivity contribution in [2.45, 2.75) is 46.2 Å². The lowest BCUT2D eigenvalue weighted by molar-refractivity contribution is -0.139. The zero-order chi connectivity index (χ0) is 26.2. The SMILES string of the molecule is CCCCNC(=O)[C@@H](C)N(Cc1cccc(OC)c1)C(=O)CN(c1ccc(Br)c(C)c1)S(C)(=O)=O. The number of hydrogen-bond acceptors (Lipinski definition) is 5. The molecule has 35 heavy (non-hydrogen) atoms. The second kappa shape index (κ2) is 12.9. The van der Waals surface area contributed by atoms with E-state index in [-0.39, 0.29) is 12.5 Å². The van der Waals surface area contributed by atoms with Crippen LogP contribution < -0.4 is 14.4 Å². The Bertz CT molecular complexity index is 1140. The average Bonchev–Trinajstić information content (AvgIpc) is 2.81. The summed E-state index contributed by atoms with van der Waals surface area (Å²) in [6, 6.07) is 11.5. The fourth-order valence-corrected chi connectivity index (χ4v) is 4.57. The lowest BCUT2D eigenvalue weighted by Gasteiger charge is -2.31. The van der Waals surface area contributed by atoms with Crippen LogP contribution in [0.4, 0.5) is 5.69 Å². The minimum Gasteiger partial charge on any atom is -0.497 e. The second-order valence-electron chi connectivity index (χ2n) is 8.40. The Morgan fingerprint density at radius 3 is 2.49 bits per heavy atom. The van der Waals surface area contributed by atoms with E-state index < -0.39 is 28.5 Å². The molecule has 2 aromatic carbocycles. The predicted molar refractivity (Wildman–Crippen MR) is 142 cm³/mol. The minimum atomic E-state index is -3.77. The molecule has 2 amide bonds. The number of ether oxygens (including phenoxy) is 1. The van der Waals surface area contributed by atoms with Gasteiger partial charge in [0, 0.05) is 17.6 Å². The van der Waals surface area contributed by atoms with Crippen LogP contribution >= 0.6 is 15.9 Å². The van der Waals surface area contributed by atoms with Crippen molar-refractivity contribution in [1.82, 2.24) is 10.2 Å². The molecule has 2 rings (SSSR count). The van der Waals surface area contributed by atoms with Gasteiger partial charge in [0.05, 0.1) is 19.1 Å². The molecule has 10 heteroatoms. The Morgan fingerprint density at radius 1 is 1.17 bits per heavy atom. The number of anilines is 1. The molecule has 2 aromatic rings. The van der Waals surface area contributed by atoms with E-state index in [0.29, 0.717) is 18.0 Å². The van der Waals surface area contributed by atoms with Gasteiger partial charge in [-0.15, -0.1) is 0 Å². The van der Waals surface area contributed by atoms with Gasteiger partial charge in [-0.2, -0.15) is 0 Å². The first-order chi connectivity index (χ1) is 16.5. The first-order valence-electron chi connectivity index (χ1n) is 11.4. The summed E-state index contributed by atoms with van der Waals surface area (Å²) < 4.78 is 32.5. The quantitative estimate of drug-likeness (QED) is 0.393. The maximum absolute atomic E-state index is 13.6. The summed E-state index contributed by atoms with van der Waals surface area (Å²) in [5.74, 6) is -0.157. The summed E-state index contributed by atoms with van der Waals surface area (Å²) in [7, 11) is -2.22. The van der Waals surface area contributed by atoms with Crippen LogP contribution in [-0.2, 0) is 26.2 Å². The Kier molecular flexibility index (Phi) is 10.6. The molecule has 1 atom stereocenters. The first-order valence-corrected chi connectivity index (χ1v) is 14.1. The molecule has 0 bridgehead atoms. The number of hydrogen-bond donors (Lipinski definition) is 1. The molecule has 0 radical (unpaired) electrons. The number of halogens is 1. The summed E-state index contributed by atoms with van der Waals surface area (Å²) in [5, 5.41) is 2.86. The number of carbonyl (C=O) groups is 2. The fraction of sp³-hybridized carbons (Fsp3) is 0.440. The Morgan fingerprint density at radius 2 is 1.89 bits per heavy atom. The van der Waals surface area contributed by atoms with Crippen LogP contribution in [0.25, 0.3) is 0 Å². The molecule has 192 valence electrons. The van der Waals surface area contributed by atoms with Crippen molar-refractivity contribution in [2.24, 2.45) is 0 Å². The van der Waals surface area contributed by atoms with Crippen LogP contribution in [0.3, 0.4) is 0 Å². The van der Waals surface area contributed by atoms with E-state index in [4.69, 9.17) is 4.74 Å². The van der Waals surface area contributed by atoms with E-state index in [0.717, 1.165) is 39.0 Å². The monoisotopic (exact) mass is 567 g/mol. The molecular formula is C25H34BrN3O5S. The number of amides is 2. The van der Waals surface area contributed by atoms with Crippen molar-refractivity contribution in [3.8, 4) is 5.75 Å². The summed E-state index contributed by atoms with van der Waals surface area (Å²) in [6.45, 7) is 5.71. The largest absolute Gasteiger partial charge is 0.497 e. The van der Waals surface area contributed by atoms with Crippen LogP contribution in [-0.4, -0.2) is 57.6 Å². The smallest absolute Gasteiger partial charge is 0.244 e. The Hall–Kier alpha value is -2.59. The number of aryl methyl sites for hydroxylation is 1. The topological polar surface area (TPSA) is 96.0 Å². The van der Waals surface area contributed by atoms with E-state index in [2.05, 4.69) is 21.2 Å². The Labute approximate surface area is 216 Å². The fourth-order valence-electron chi connectivity index (χ4n) is 3.48. The highest BCUT2D eigenvalue weighted by atomic mass is 79.9. The molecule has 0 aliphatic heterocycles. The third-order valence-corrected chi connectivity index (χ3v) is 7.62. The maximum atomic E-state index is 13.6. The average molecular weight is 569 g/mol. The van der Waals surface area contributed by atoms with Gasteiger partial charge in [0.2, 0.25) is 21.8 Å². The number of carbonyl (C=O) groups excluding carboxylic acids is 2. The third kappa shape index (κ3) is 8.24. The van der Waals surface area contributed by atoms with Gasteiger partial charge in [0.25, 0.3) is 0 Å². The van der Waals surface area contributed by atoms with Gasteiger partial charge >= 0.3 is 0 Å². The van der Waals surface area contributed by atoms with Gasteiger partial charge < -0.3 is 15.0 Å². The number of methoxy groups -OCH3 is 1. The molecule has 0 unspecified atom stereocenters. The van der Waals surface area contributed by atoms with E-state index in [1.54, 1.807) is 50.4 Å². The van der Waals surface area contributed by atoms with E-state index in [9.17, 15) is 18.0 Å². The summed E-state index contributed by atoms with van der Waals surface area (Å²) in [6.07, 6.45) is 2.81. The molecule has 0 fully saturated rings. The highest BCUT2D eigenvalue weighted by Gasteiger charge is 2.30. The Balaban J connectivity index is 2.38. The molecule has 0 heterocycles. The molecule has 0 spiro atoms. The van der Waals surface area contributed by atoms with Crippen LogP contribution in [0.5, 0.6) is 5.75 Å². The van der Waals surface area contributed by atoms with Crippen LogP contribution in [0.1, 0.15) is 37.8 Å². The van der Waals surface area contributed by atoms with Crippen molar-refractivity contribution in [3.05, 3.63) is 58.1 Å². The standard InChI is InChI=1S/C25H34BrN3O5S/c1-6-7-13-27-25(31)19(3)28(16-20-9-8-10-22(15-20)34-4)24(30)17-29(35(5,32)33)21-11-12-23(26)18(2)14-21/h8-12,14-15,19H,6-7,13,16-17H2,1-5H3,(H,27,31)/t19-/m1/s1. The summed E-state index contributed by atoms with van der Waals surface area (Å²) in [5.41, 5.74) is 1.97. The van der Waals surface area contributed by atoms with Crippen LogP contribution in [0, 0.1) is 6.92 Å². The van der Waals surface area contributed by atoms with E-state index >= 15 is 0 Å². The molecule has 1 N–H and O–H groups in total. The molecule has 0 aliphatic rings. The lowest BCUT2D eigenvalue weighted by atomic mass is 10.1. The van der Waals surface area contributed by atoms with Crippen molar-refractivity contribution in [3.63, 3.8) is 0 Å². The molecule has 0 aromatic heterocycles. The predicted octanol–water partition coefficient (Wildman–Crippen LogP) is 3.87. The number of unbranched alkanes of at least 4 members (excludes halogenated alkanes) is 1. The van der Waals surface area contributed by atoms with Gasteiger partial charge in [0.15, 0.2) is 0 Å².